The van der Waals surface area contributed by atoms with E-state index in [4.69, 9.17) is 0 Å². The van der Waals surface area contributed by atoms with Gasteiger partial charge in [0.1, 0.15) is 0 Å². The standard InChI is InChI=1S/C13H20N2/c1-15-10-6-5-9-13(15)14-11-12-7-3-2-4-8-12/h2-4,7-8,13-14H,5-6,9-11H2,1H3/t13-/m1/s1. The van der Waals surface area contributed by atoms with E-state index >= 15 is 0 Å². The molecule has 0 spiro atoms. The first kappa shape index (κ1) is 10.7. The van der Waals surface area contributed by atoms with Crippen molar-refractivity contribution in [2.45, 2.75) is 32.0 Å². The molecule has 1 aromatic rings. The van der Waals surface area contributed by atoms with Crippen LogP contribution < -0.4 is 5.32 Å². The molecule has 2 rings (SSSR count). The van der Waals surface area contributed by atoms with Crippen molar-refractivity contribution in [3.8, 4) is 0 Å². The Kier molecular flexibility index (Phi) is 3.75. The Bertz CT molecular complexity index is 284. The number of hydrogen-bond acceptors (Lipinski definition) is 2. The van der Waals surface area contributed by atoms with E-state index in [1.54, 1.807) is 0 Å². The van der Waals surface area contributed by atoms with E-state index in [1.165, 1.54) is 31.4 Å². The fourth-order valence-electron chi connectivity index (χ4n) is 2.16. The molecule has 0 aliphatic carbocycles. The lowest BCUT2D eigenvalue weighted by Gasteiger charge is -2.33. The summed E-state index contributed by atoms with van der Waals surface area (Å²) in [5.74, 6) is 0. The van der Waals surface area contributed by atoms with Crippen LogP contribution in [0, 0.1) is 0 Å². The SMILES string of the molecule is CN1CCCC[C@@H]1NCc1ccccc1. The third kappa shape index (κ3) is 3.05. The van der Waals surface area contributed by atoms with E-state index in [9.17, 15) is 0 Å². The first-order valence-corrected chi connectivity index (χ1v) is 5.84. The highest BCUT2D eigenvalue weighted by Gasteiger charge is 2.17. The van der Waals surface area contributed by atoms with Crippen molar-refractivity contribution >= 4 is 0 Å². The molecule has 0 unspecified atom stereocenters. The van der Waals surface area contributed by atoms with E-state index in [2.05, 4.69) is 47.6 Å². The van der Waals surface area contributed by atoms with Gasteiger partial charge in [-0.2, -0.15) is 0 Å². The molecule has 0 bridgehead atoms. The Morgan fingerprint density at radius 3 is 2.80 bits per heavy atom. The van der Waals surface area contributed by atoms with Crippen LogP contribution in [0.1, 0.15) is 24.8 Å². The first-order chi connectivity index (χ1) is 7.36. The molecule has 1 N–H and O–H groups in total. The second kappa shape index (κ2) is 5.29. The Hall–Kier alpha value is -0.860. The average molecular weight is 204 g/mol. The van der Waals surface area contributed by atoms with Gasteiger partial charge in [-0.3, -0.25) is 10.2 Å². The summed E-state index contributed by atoms with van der Waals surface area (Å²) in [5.41, 5.74) is 1.37. The predicted octanol–water partition coefficient (Wildman–Crippen LogP) is 2.22. The van der Waals surface area contributed by atoms with Crippen molar-refractivity contribution in [3.63, 3.8) is 0 Å². The molecule has 0 radical (unpaired) electrons. The summed E-state index contributed by atoms with van der Waals surface area (Å²) in [4.78, 5) is 2.42. The van der Waals surface area contributed by atoms with Crippen LogP contribution in [0.4, 0.5) is 0 Å². The van der Waals surface area contributed by atoms with Gasteiger partial charge in [-0.25, -0.2) is 0 Å². The largest absolute Gasteiger partial charge is 0.298 e. The Morgan fingerprint density at radius 1 is 1.27 bits per heavy atom. The second-order valence-electron chi connectivity index (χ2n) is 4.36. The molecule has 0 aromatic heterocycles. The minimum absolute atomic E-state index is 0.568. The van der Waals surface area contributed by atoms with Gasteiger partial charge < -0.3 is 0 Å². The topological polar surface area (TPSA) is 15.3 Å². The van der Waals surface area contributed by atoms with E-state index in [0.717, 1.165) is 6.54 Å². The van der Waals surface area contributed by atoms with Gasteiger partial charge >= 0.3 is 0 Å². The molecule has 2 nitrogen and oxygen atoms in total. The molecule has 0 saturated carbocycles. The monoisotopic (exact) mass is 204 g/mol. The van der Waals surface area contributed by atoms with E-state index in [1.807, 2.05) is 0 Å². The first-order valence-electron chi connectivity index (χ1n) is 5.84. The molecule has 1 heterocycles. The minimum atomic E-state index is 0.568. The molecule has 1 aromatic carbocycles. The minimum Gasteiger partial charge on any atom is -0.298 e. The van der Waals surface area contributed by atoms with Crippen LogP contribution in [-0.2, 0) is 6.54 Å². The molecule has 1 aliphatic rings. The van der Waals surface area contributed by atoms with Gasteiger partial charge in [-0.15, -0.1) is 0 Å². The summed E-state index contributed by atoms with van der Waals surface area (Å²) >= 11 is 0. The summed E-state index contributed by atoms with van der Waals surface area (Å²) in [7, 11) is 2.21. The van der Waals surface area contributed by atoms with Gasteiger partial charge in [-0.05, 0) is 38.4 Å². The van der Waals surface area contributed by atoms with Gasteiger partial charge in [0.05, 0.1) is 6.17 Å². The molecular formula is C13H20N2. The zero-order chi connectivity index (χ0) is 10.5. The maximum Gasteiger partial charge on any atom is 0.0597 e. The highest BCUT2D eigenvalue weighted by Crippen LogP contribution is 2.13. The molecule has 1 saturated heterocycles. The van der Waals surface area contributed by atoms with Gasteiger partial charge in [-0.1, -0.05) is 30.3 Å². The highest BCUT2D eigenvalue weighted by atomic mass is 15.2. The third-order valence-corrected chi connectivity index (χ3v) is 3.16. The number of nitrogens with zero attached hydrogens (tertiary/aromatic N) is 1. The van der Waals surface area contributed by atoms with Crippen LogP contribution in [0.25, 0.3) is 0 Å². The number of hydrogen-bond donors (Lipinski definition) is 1. The summed E-state index contributed by atoms with van der Waals surface area (Å²) < 4.78 is 0. The van der Waals surface area contributed by atoms with Crippen molar-refractivity contribution < 1.29 is 0 Å². The summed E-state index contributed by atoms with van der Waals surface area (Å²) in [6, 6.07) is 10.6. The summed E-state index contributed by atoms with van der Waals surface area (Å²) in [6.45, 7) is 2.21. The molecule has 0 amide bonds. The highest BCUT2D eigenvalue weighted by molar-refractivity contribution is 5.14. The predicted molar refractivity (Wildman–Crippen MR) is 63.6 cm³/mol. The van der Waals surface area contributed by atoms with E-state index in [0.29, 0.717) is 6.17 Å². The number of likely N-dealkylation sites (tertiary alicyclic amines) is 1. The van der Waals surface area contributed by atoms with Crippen LogP contribution in [0.15, 0.2) is 30.3 Å². The van der Waals surface area contributed by atoms with Gasteiger partial charge in [0.2, 0.25) is 0 Å². The third-order valence-electron chi connectivity index (χ3n) is 3.16. The lowest BCUT2D eigenvalue weighted by atomic mass is 10.1. The maximum atomic E-state index is 3.61. The van der Waals surface area contributed by atoms with E-state index < -0.39 is 0 Å². The van der Waals surface area contributed by atoms with Crippen LogP contribution >= 0.6 is 0 Å². The van der Waals surface area contributed by atoms with Crippen molar-refractivity contribution in [1.82, 2.24) is 10.2 Å². The van der Waals surface area contributed by atoms with Crippen molar-refractivity contribution in [2.24, 2.45) is 0 Å². The van der Waals surface area contributed by atoms with Crippen molar-refractivity contribution in [1.29, 1.82) is 0 Å². The number of nitrogens with one attached hydrogen (secondary N) is 1. The molecular weight excluding hydrogens is 184 g/mol. The zero-order valence-electron chi connectivity index (χ0n) is 9.45. The van der Waals surface area contributed by atoms with Gasteiger partial charge in [0.15, 0.2) is 0 Å². The van der Waals surface area contributed by atoms with Gasteiger partial charge in [0, 0.05) is 6.54 Å². The lowest BCUT2D eigenvalue weighted by molar-refractivity contribution is 0.152. The number of rotatable bonds is 3. The smallest absolute Gasteiger partial charge is 0.0597 e. The average Bonchev–Trinajstić information content (AvgIpc) is 2.29. The molecule has 1 aliphatic heterocycles. The van der Waals surface area contributed by atoms with Crippen LogP contribution in [0.3, 0.4) is 0 Å². The van der Waals surface area contributed by atoms with Gasteiger partial charge in [0.25, 0.3) is 0 Å². The summed E-state index contributed by atoms with van der Waals surface area (Å²) in [6.07, 6.45) is 4.55. The molecule has 1 fully saturated rings. The van der Waals surface area contributed by atoms with Crippen LogP contribution in [0.5, 0.6) is 0 Å². The van der Waals surface area contributed by atoms with Crippen LogP contribution in [0.2, 0.25) is 0 Å². The molecule has 15 heavy (non-hydrogen) atoms. The molecule has 2 heteroatoms. The Morgan fingerprint density at radius 2 is 2.07 bits per heavy atom. The lowest BCUT2D eigenvalue weighted by Crippen LogP contribution is -2.45. The fraction of sp³-hybridized carbons (Fsp3) is 0.538. The normalized spacial score (nSPS) is 22.9. The van der Waals surface area contributed by atoms with Crippen LogP contribution in [-0.4, -0.2) is 24.7 Å². The Balaban J connectivity index is 1.82. The summed E-state index contributed by atoms with van der Waals surface area (Å²) in [5, 5.41) is 3.61. The quantitative estimate of drug-likeness (QED) is 0.812. The number of benzene rings is 1. The van der Waals surface area contributed by atoms with Crippen molar-refractivity contribution in [2.75, 3.05) is 13.6 Å². The molecule has 1 atom stereocenters. The Labute approximate surface area is 92.3 Å². The fourth-order valence-corrected chi connectivity index (χ4v) is 2.16. The molecule has 82 valence electrons. The maximum absolute atomic E-state index is 3.61. The van der Waals surface area contributed by atoms with E-state index in [-0.39, 0.29) is 0 Å². The zero-order valence-corrected chi connectivity index (χ0v) is 9.45. The van der Waals surface area contributed by atoms with Crippen molar-refractivity contribution in [3.05, 3.63) is 35.9 Å². The second-order valence-corrected chi connectivity index (χ2v) is 4.36. The number of piperidine rings is 1.